The van der Waals surface area contributed by atoms with Crippen LogP contribution in [0.5, 0.6) is 17.2 Å². The summed E-state index contributed by atoms with van der Waals surface area (Å²) in [6.45, 7) is 1.83. The summed E-state index contributed by atoms with van der Waals surface area (Å²) >= 11 is 6.30. The Bertz CT molecular complexity index is 1410. The summed E-state index contributed by atoms with van der Waals surface area (Å²) < 4.78 is 41.0. The molecule has 0 heterocycles. The molecule has 0 aliphatic heterocycles. The first-order valence-corrected chi connectivity index (χ1v) is 11.9. The highest BCUT2D eigenvalue weighted by Gasteiger charge is 2.22. The molecule has 0 fully saturated rings. The Morgan fingerprint density at radius 1 is 1.03 bits per heavy atom. The molecule has 0 saturated heterocycles. The van der Waals surface area contributed by atoms with E-state index in [2.05, 4.69) is 5.32 Å². The molecular weight excluding hydrogens is 492 g/mol. The number of ether oxygens (including phenoxy) is 2. The molecule has 8 nitrogen and oxygen atoms in total. The largest absolute Gasteiger partial charge is 0.497 e. The molecule has 3 aromatic rings. The molecule has 0 saturated carbocycles. The molecule has 0 aliphatic carbocycles. The molecule has 0 aromatic heterocycles. The van der Waals surface area contributed by atoms with Crippen molar-refractivity contribution < 1.29 is 26.9 Å². The molecule has 1 N–H and O–H groups in total. The third kappa shape index (κ3) is 6.32. The van der Waals surface area contributed by atoms with Crippen LogP contribution in [-0.4, -0.2) is 28.5 Å². The Labute approximate surface area is 208 Å². The number of methoxy groups -OCH3 is 2. The van der Waals surface area contributed by atoms with Crippen LogP contribution < -0.4 is 19.0 Å². The monoisotopic (exact) mass is 512 g/mol. The molecule has 0 unspecified atom stereocenters. The van der Waals surface area contributed by atoms with Gasteiger partial charge in [0.1, 0.15) is 22.3 Å². The Morgan fingerprint density at radius 2 is 1.69 bits per heavy atom. The molecule has 180 valence electrons. The lowest BCUT2D eigenvalue weighted by Crippen LogP contribution is -2.13. The molecule has 0 radical (unpaired) electrons. The van der Waals surface area contributed by atoms with Crippen LogP contribution in [0.15, 0.2) is 71.1 Å². The summed E-state index contributed by atoms with van der Waals surface area (Å²) in [5, 5.41) is 12.0. The number of benzene rings is 3. The van der Waals surface area contributed by atoms with E-state index in [1.165, 1.54) is 44.6 Å². The summed E-state index contributed by atoms with van der Waals surface area (Å²) in [6, 6.07) is 17.3. The molecule has 0 spiro atoms. The third-order valence-corrected chi connectivity index (χ3v) is 6.29. The van der Waals surface area contributed by atoms with Gasteiger partial charge in [-0.25, -0.2) is 0 Å². The van der Waals surface area contributed by atoms with E-state index in [1.807, 2.05) is 13.0 Å². The van der Waals surface area contributed by atoms with Crippen LogP contribution in [0.4, 0.5) is 5.69 Å². The van der Waals surface area contributed by atoms with Gasteiger partial charge in [-0.15, -0.1) is 0 Å². The number of nitrogens with zero attached hydrogens (tertiary/aromatic N) is 1. The second-order valence-corrected chi connectivity index (χ2v) is 9.19. The fraction of sp³-hybridized carbons (Fsp3) is 0.120. The van der Waals surface area contributed by atoms with Crippen LogP contribution in [0.3, 0.4) is 0 Å². The lowest BCUT2D eigenvalue weighted by Gasteiger charge is -2.13. The van der Waals surface area contributed by atoms with Crippen LogP contribution in [0.25, 0.3) is 6.08 Å². The SMILES string of the molecule is COc1ccc(NC(=O)/C(C#N)=C/c2cc(Cl)c(OS(=O)(=O)c3ccc(C)cc3)c(OC)c2)cc1. The van der Waals surface area contributed by atoms with Gasteiger partial charge in [0, 0.05) is 5.69 Å². The van der Waals surface area contributed by atoms with Crippen molar-refractivity contribution in [1.82, 2.24) is 0 Å². The maximum absolute atomic E-state index is 12.7. The smallest absolute Gasteiger partial charge is 0.339 e. The molecule has 0 bridgehead atoms. The minimum atomic E-state index is -4.18. The Kier molecular flexibility index (Phi) is 8.02. The number of nitrogens with one attached hydrogen (secondary N) is 1. The predicted octanol–water partition coefficient (Wildman–Crippen LogP) is 4.98. The molecule has 1 amide bonds. The number of aryl methyl sites for hydroxylation is 1. The van der Waals surface area contributed by atoms with E-state index in [0.29, 0.717) is 17.0 Å². The number of carbonyl (C=O) groups is 1. The molecule has 0 aliphatic rings. The maximum atomic E-state index is 12.7. The van der Waals surface area contributed by atoms with E-state index in [9.17, 15) is 18.5 Å². The van der Waals surface area contributed by atoms with Gasteiger partial charge < -0.3 is 19.0 Å². The highest BCUT2D eigenvalue weighted by molar-refractivity contribution is 7.87. The number of rotatable bonds is 8. The summed E-state index contributed by atoms with van der Waals surface area (Å²) in [7, 11) is -1.35. The van der Waals surface area contributed by atoms with E-state index < -0.39 is 16.0 Å². The third-order valence-electron chi connectivity index (χ3n) is 4.78. The average molecular weight is 513 g/mol. The molecule has 3 aromatic carbocycles. The van der Waals surface area contributed by atoms with Crippen LogP contribution in [0, 0.1) is 18.3 Å². The van der Waals surface area contributed by atoms with E-state index in [-0.39, 0.29) is 27.0 Å². The quantitative estimate of drug-likeness (QED) is 0.257. The van der Waals surface area contributed by atoms with E-state index in [1.54, 1.807) is 36.4 Å². The standard InChI is InChI=1S/C25H21ClN2O6S/c1-16-4-10-21(11-5-16)35(30,31)34-24-22(26)13-17(14-23(24)33-3)12-18(15-27)25(29)28-19-6-8-20(32-2)9-7-19/h4-14H,1-3H3,(H,28,29)/b18-12+. The molecule has 3 rings (SSSR count). The van der Waals surface area contributed by atoms with Gasteiger partial charge in [-0.1, -0.05) is 29.3 Å². The Hall–Kier alpha value is -4.00. The van der Waals surface area contributed by atoms with Crippen LogP contribution in [-0.2, 0) is 14.9 Å². The summed E-state index contributed by atoms with van der Waals surface area (Å²) in [4.78, 5) is 12.5. The van der Waals surface area contributed by atoms with Crippen LogP contribution >= 0.6 is 11.6 Å². The number of halogens is 1. The van der Waals surface area contributed by atoms with Gasteiger partial charge in [0.25, 0.3) is 5.91 Å². The summed E-state index contributed by atoms with van der Waals surface area (Å²) in [6.07, 6.45) is 1.30. The van der Waals surface area contributed by atoms with Crippen molar-refractivity contribution in [3.63, 3.8) is 0 Å². The fourth-order valence-corrected chi connectivity index (χ4v) is 4.22. The molecule has 10 heteroatoms. The van der Waals surface area contributed by atoms with Gasteiger partial charge in [-0.2, -0.15) is 13.7 Å². The van der Waals surface area contributed by atoms with Gasteiger partial charge in [0.2, 0.25) is 5.75 Å². The van der Waals surface area contributed by atoms with E-state index >= 15 is 0 Å². The zero-order valence-corrected chi connectivity index (χ0v) is 20.6. The highest BCUT2D eigenvalue weighted by Crippen LogP contribution is 2.39. The van der Waals surface area contributed by atoms with Crippen molar-refractivity contribution in [3.05, 3.63) is 82.4 Å². The van der Waals surface area contributed by atoms with Gasteiger partial charge in [-0.3, -0.25) is 4.79 Å². The maximum Gasteiger partial charge on any atom is 0.339 e. The highest BCUT2D eigenvalue weighted by atomic mass is 35.5. The Balaban J connectivity index is 1.88. The summed E-state index contributed by atoms with van der Waals surface area (Å²) in [5.41, 5.74) is 1.48. The van der Waals surface area contributed by atoms with Crippen molar-refractivity contribution in [3.8, 4) is 23.3 Å². The lowest BCUT2D eigenvalue weighted by molar-refractivity contribution is -0.112. The molecule has 35 heavy (non-hydrogen) atoms. The number of anilines is 1. The topological polar surface area (TPSA) is 115 Å². The first-order valence-electron chi connectivity index (χ1n) is 10.1. The molecular formula is C25H21ClN2O6S. The lowest BCUT2D eigenvalue weighted by atomic mass is 10.1. The second-order valence-electron chi connectivity index (χ2n) is 7.24. The van der Waals surface area contributed by atoms with Gasteiger partial charge in [-0.05, 0) is 67.1 Å². The zero-order chi connectivity index (χ0) is 25.6. The van der Waals surface area contributed by atoms with Gasteiger partial charge >= 0.3 is 10.1 Å². The Morgan fingerprint density at radius 3 is 2.26 bits per heavy atom. The minimum Gasteiger partial charge on any atom is -0.497 e. The zero-order valence-electron chi connectivity index (χ0n) is 19.0. The predicted molar refractivity (Wildman–Crippen MR) is 132 cm³/mol. The van der Waals surface area contributed by atoms with Gasteiger partial charge in [0.15, 0.2) is 5.75 Å². The van der Waals surface area contributed by atoms with E-state index in [4.69, 9.17) is 25.3 Å². The minimum absolute atomic E-state index is 0.00675. The van der Waals surface area contributed by atoms with Crippen molar-refractivity contribution in [1.29, 1.82) is 5.26 Å². The van der Waals surface area contributed by atoms with Crippen molar-refractivity contribution in [2.75, 3.05) is 19.5 Å². The molecule has 0 atom stereocenters. The number of hydrogen-bond donors (Lipinski definition) is 1. The fourth-order valence-electron chi connectivity index (χ4n) is 2.95. The first-order chi connectivity index (χ1) is 16.7. The first kappa shape index (κ1) is 25.6. The van der Waals surface area contributed by atoms with Crippen LogP contribution in [0.2, 0.25) is 5.02 Å². The van der Waals surface area contributed by atoms with Crippen molar-refractivity contribution in [2.45, 2.75) is 11.8 Å². The number of nitriles is 1. The number of carbonyl (C=O) groups excluding carboxylic acids is 1. The van der Waals surface area contributed by atoms with Crippen molar-refractivity contribution in [2.24, 2.45) is 0 Å². The van der Waals surface area contributed by atoms with Crippen LogP contribution in [0.1, 0.15) is 11.1 Å². The van der Waals surface area contributed by atoms with Gasteiger partial charge in [0.05, 0.1) is 19.2 Å². The second kappa shape index (κ2) is 11.0. The van der Waals surface area contributed by atoms with E-state index in [0.717, 1.165) is 5.56 Å². The number of amides is 1. The average Bonchev–Trinajstić information content (AvgIpc) is 2.84. The summed E-state index contributed by atoms with van der Waals surface area (Å²) in [5.74, 6) is -0.233. The normalized spacial score (nSPS) is 11.3. The number of hydrogen-bond acceptors (Lipinski definition) is 7. The van der Waals surface area contributed by atoms with Crippen molar-refractivity contribution >= 4 is 39.4 Å².